The molecule has 0 spiro atoms. The maximum Gasteiger partial charge on any atom is 0.147 e. The third-order valence-electron chi connectivity index (χ3n) is 1.96. The molecule has 0 amide bonds. The zero-order chi connectivity index (χ0) is 11.5. The lowest BCUT2D eigenvalue weighted by Crippen LogP contribution is -2.04. The molecular formula is C10H9BrClN3S. The fourth-order valence-electron chi connectivity index (χ4n) is 1.22. The Morgan fingerprint density at radius 1 is 1.44 bits per heavy atom. The maximum atomic E-state index is 5.93. The number of hydrogen-bond acceptors (Lipinski definition) is 4. The van der Waals surface area contributed by atoms with Crippen molar-refractivity contribution in [2.24, 2.45) is 0 Å². The molecule has 3 nitrogen and oxygen atoms in total. The van der Waals surface area contributed by atoms with Gasteiger partial charge in [-0.15, -0.1) is 10.2 Å². The van der Waals surface area contributed by atoms with Crippen molar-refractivity contribution in [3.05, 3.63) is 32.7 Å². The van der Waals surface area contributed by atoms with Gasteiger partial charge in [-0.2, -0.15) is 0 Å². The van der Waals surface area contributed by atoms with Gasteiger partial charge in [0, 0.05) is 16.6 Å². The van der Waals surface area contributed by atoms with E-state index >= 15 is 0 Å². The third kappa shape index (κ3) is 2.60. The number of rotatable bonds is 3. The first kappa shape index (κ1) is 12.0. The molecule has 16 heavy (non-hydrogen) atoms. The lowest BCUT2D eigenvalue weighted by molar-refractivity contribution is 0.795. The fraction of sp³-hybridized carbons (Fsp3) is 0.200. The Kier molecular flexibility index (Phi) is 3.91. The summed E-state index contributed by atoms with van der Waals surface area (Å²) in [5, 5.41) is 13.9. The minimum atomic E-state index is 0.698. The molecule has 0 fully saturated rings. The van der Waals surface area contributed by atoms with Crippen LogP contribution >= 0.6 is 38.9 Å². The summed E-state index contributed by atoms with van der Waals surface area (Å²) in [6.45, 7) is 0.742. The zero-order valence-corrected chi connectivity index (χ0v) is 11.7. The van der Waals surface area contributed by atoms with Crippen LogP contribution < -0.4 is 5.32 Å². The van der Waals surface area contributed by atoms with E-state index in [0.717, 1.165) is 26.6 Å². The Labute approximate surface area is 111 Å². The summed E-state index contributed by atoms with van der Waals surface area (Å²) in [5.74, 6) is 0. The molecule has 1 aromatic heterocycles. The van der Waals surface area contributed by atoms with E-state index in [4.69, 9.17) is 11.6 Å². The SMILES string of the molecule is CNCc1nnc(-c2ccc(Cl)c(Br)c2)s1. The van der Waals surface area contributed by atoms with Crippen LogP contribution in [0.3, 0.4) is 0 Å². The van der Waals surface area contributed by atoms with E-state index in [2.05, 4.69) is 31.4 Å². The molecule has 1 aromatic carbocycles. The highest BCUT2D eigenvalue weighted by Gasteiger charge is 2.07. The van der Waals surface area contributed by atoms with Crippen LogP contribution in [0.4, 0.5) is 0 Å². The van der Waals surface area contributed by atoms with Crippen molar-refractivity contribution in [2.75, 3.05) is 7.05 Å². The number of hydrogen-bond donors (Lipinski definition) is 1. The Morgan fingerprint density at radius 3 is 2.94 bits per heavy atom. The van der Waals surface area contributed by atoms with Crippen molar-refractivity contribution in [3.8, 4) is 10.6 Å². The Balaban J connectivity index is 2.31. The van der Waals surface area contributed by atoms with Crippen LogP contribution in [0.25, 0.3) is 10.6 Å². The van der Waals surface area contributed by atoms with Crippen LogP contribution in [0.5, 0.6) is 0 Å². The molecule has 0 aliphatic carbocycles. The highest BCUT2D eigenvalue weighted by Crippen LogP contribution is 2.30. The van der Waals surface area contributed by atoms with Gasteiger partial charge in [-0.1, -0.05) is 29.0 Å². The lowest BCUT2D eigenvalue weighted by Gasteiger charge is -1.98. The second-order valence-electron chi connectivity index (χ2n) is 3.16. The summed E-state index contributed by atoms with van der Waals surface area (Å²) in [5.41, 5.74) is 1.02. The molecule has 0 unspecified atom stereocenters. The van der Waals surface area contributed by atoms with E-state index in [1.54, 1.807) is 11.3 Å². The summed E-state index contributed by atoms with van der Waals surface area (Å²) in [6, 6.07) is 5.74. The van der Waals surface area contributed by atoms with Crippen molar-refractivity contribution in [2.45, 2.75) is 6.54 Å². The van der Waals surface area contributed by atoms with Crippen LogP contribution in [-0.4, -0.2) is 17.2 Å². The molecule has 0 aliphatic rings. The van der Waals surface area contributed by atoms with Crippen LogP contribution in [0.1, 0.15) is 5.01 Å². The minimum absolute atomic E-state index is 0.698. The Hall–Kier alpha value is -0.490. The van der Waals surface area contributed by atoms with Gasteiger partial charge < -0.3 is 5.32 Å². The molecule has 2 aromatic rings. The second kappa shape index (κ2) is 5.23. The summed E-state index contributed by atoms with van der Waals surface area (Å²) in [7, 11) is 1.89. The lowest BCUT2D eigenvalue weighted by atomic mass is 10.2. The van der Waals surface area contributed by atoms with Gasteiger partial charge in [-0.25, -0.2) is 0 Å². The van der Waals surface area contributed by atoms with Gasteiger partial charge in [0.1, 0.15) is 10.0 Å². The Morgan fingerprint density at radius 2 is 2.25 bits per heavy atom. The number of halogens is 2. The van der Waals surface area contributed by atoms with Crippen molar-refractivity contribution >= 4 is 38.9 Å². The van der Waals surface area contributed by atoms with Gasteiger partial charge in [0.2, 0.25) is 0 Å². The third-order valence-corrected chi connectivity index (χ3v) is 4.15. The van der Waals surface area contributed by atoms with Gasteiger partial charge in [0.05, 0.1) is 5.02 Å². The first-order valence-electron chi connectivity index (χ1n) is 4.63. The normalized spacial score (nSPS) is 10.7. The summed E-state index contributed by atoms with van der Waals surface area (Å²) < 4.78 is 0.872. The van der Waals surface area contributed by atoms with Gasteiger partial charge in [0.15, 0.2) is 0 Å². The van der Waals surface area contributed by atoms with E-state index in [1.807, 2.05) is 25.2 Å². The molecule has 0 saturated carbocycles. The molecule has 84 valence electrons. The molecule has 0 saturated heterocycles. The maximum absolute atomic E-state index is 5.93. The van der Waals surface area contributed by atoms with Gasteiger partial charge in [-0.05, 0) is 35.1 Å². The highest BCUT2D eigenvalue weighted by atomic mass is 79.9. The largest absolute Gasteiger partial charge is 0.313 e. The summed E-state index contributed by atoms with van der Waals surface area (Å²) in [4.78, 5) is 0. The van der Waals surface area contributed by atoms with E-state index < -0.39 is 0 Å². The average Bonchev–Trinajstić information content (AvgIpc) is 2.71. The van der Waals surface area contributed by atoms with Crippen LogP contribution in [0.15, 0.2) is 22.7 Å². The smallest absolute Gasteiger partial charge is 0.147 e. The number of nitrogens with one attached hydrogen (secondary N) is 1. The van der Waals surface area contributed by atoms with Crippen molar-refractivity contribution in [1.29, 1.82) is 0 Å². The van der Waals surface area contributed by atoms with Crippen molar-refractivity contribution < 1.29 is 0 Å². The van der Waals surface area contributed by atoms with E-state index in [-0.39, 0.29) is 0 Å². The van der Waals surface area contributed by atoms with Crippen molar-refractivity contribution in [3.63, 3.8) is 0 Å². The molecular weight excluding hydrogens is 310 g/mol. The first-order chi connectivity index (χ1) is 7.70. The topological polar surface area (TPSA) is 37.8 Å². The monoisotopic (exact) mass is 317 g/mol. The molecule has 1 heterocycles. The van der Waals surface area contributed by atoms with Crippen LogP contribution in [0.2, 0.25) is 5.02 Å². The summed E-state index contributed by atoms with van der Waals surface area (Å²) in [6.07, 6.45) is 0. The highest BCUT2D eigenvalue weighted by molar-refractivity contribution is 9.10. The molecule has 0 radical (unpaired) electrons. The molecule has 0 atom stereocenters. The van der Waals surface area contributed by atoms with Crippen LogP contribution in [0, 0.1) is 0 Å². The first-order valence-corrected chi connectivity index (χ1v) is 6.62. The number of aromatic nitrogens is 2. The Bertz CT molecular complexity index is 501. The molecule has 6 heteroatoms. The zero-order valence-electron chi connectivity index (χ0n) is 8.50. The van der Waals surface area contributed by atoms with Gasteiger partial charge >= 0.3 is 0 Å². The molecule has 0 aliphatic heterocycles. The average molecular weight is 319 g/mol. The van der Waals surface area contributed by atoms with E-state index in [0.29, 0.717) is 5.02 Å². The van der Waals surface area contributed by atoms with Gasteiger partial charge in [0.25, 0.3) is 0 Å². The van der Waals surface area contributed by atoms with E-state index in [9.17, 15) is 0 Å². The van der Waals surface area contributed by atoms with Crippen LogP contribution in [-0.2, 0) is 6.54 Å². The molecule has 2 rings (SSSR count). The predicted octanol–water partition coefficient (Wildman–Crippen LogP) is 3.34. The number of nitrogens with zero attached hydrogens (tertiary/aromatic N) is 2. The second-order valence-corrected chi connectivity index (χ2v) is 5.48. The number of benzene rings is 1. The van der Waals surface area contributed by atoms with E-state index in [1.165, 1.54) is 0 Å². The fourth-order valence-corrected chi connectivity index (χ4v) is 2.57. The standard InChI is InChI=1S/C10H9BrClN3S/c1-13-5-9-14-15-10(16-9)6-2-3-8(12)7(11)4-6/h2-4,13H,5H2,1H3. The van der Waals surface area contributed by atoms with Gasteiger partial charge in [-0.3, -0.25) is 0 Å². The summed E-state index contributed by atoms with van der Waals surface area (Å²) >= 11 is 10.9. The quantitative estimate of drug-likeness (QED) is 0.943. The predicted molar refractivity (Wildman–Crippen MR) is 70.8 cm³/mol. The van der Waals surface area contributed by atoms with Crippen molar-refractivity contribution in [1.82, 2.24) is 15.5 Å². The molecule has 0 bridgehead atoms. The minimum Gasteiger partial charge on any atom is -0.313 e. The molecule has 1 N–H and O–H groups in total.